The highest BCUT2D eigenvalue weighted by Gasteiger charge is 2.10. The number of carbonyl (C=O) groups is 2. The van der Waals surface area contributed by atoms with Gasteiger partial charge in [0.2, 0.25) is 0 Å². The molecule has 1 aromatic carbocycles. The maximum atomic E-state index is 12.0. The molecular weight excluding hydrogens is 306 g/mol. The Morgan fingerprint density at radius 1 is 1.17 bits per heavy atom. The van der Waals surface area contributed by atoms with Gasteiger partial charge in [0, 0.05) is 29.9 Å². The molecule has 2 aromatic rings. The second-order valence-electron chi connectivity index (χ2n) is 6.07. The van der Waals surface area contributed by atoms with E-state index in [-0.39, 0.29) is 11.9 Å². The van der Waals surface area contributed by atoms with Gasteiger partial charge in [-0.2, -0.15) is 0 Å². The maximum absolute atomic E-state index is 12.0. The van der Waals surface area contributed by atoms with E-state index in [9.17, 15) is 9.59 Å². The maximum Gasteiger partial charge on any atom is 0.319 e. The first-order chi connectivity index (χ1) is 11.5. The number of rotatable bonds is 6. The van der Waals surface area contributed by atoms with Gasteiger partial charge in [-0.3, -0.25) is 4.79 Å². The van der Waals surface area contributed by atoms with Gasteiger partial charge >= 0.3 is 6.03 Å². The van der Waals surface area contributed by atoms with Gasteiger partial charge in [-0.25, -0.2) is 4.79 Å². The van der Waals surface area contributed by atoms with Crippen molar-refractivity contribution in [1.82, 2.24) is 10.6 Å². The van der Waals surface area contributed by atoms with Gasteiger partial charge in [0.15, 0.2) is 0 Å². The molecule has 3 N–H and O–H groups in total. The predicted octanol–water partition coefficient (Wildman–Crippen LogP) is 3.30. The summed E-state index contributed by atoms with van der Waals surface area (Å²) in [6, 6.07) is 6.68. The van der Waals surface area contributed by atoms with Gasteiger partial charge < -0.3 is 20.4 Å². The Balaban J connectivity index is 1.91. The lowest BCUT2D eigenvalue weighted by Crippen LogP contribution is -2.29. The van der Waals surface area contributed by atoms with Crippen LogP contribution in [0, 0.1) is 12.8 Å². The van der Waals surface area contributed by atoms with Crippen molar-refractivity contribution in [2.24, 2.45) is 5.92 Å². The number of hydrogen-bond acceptors (Lipinski definition) is 3. The third-order valence-corrected chi connectivity index (χ3v) is 3.44. The van der Waals surface area contributed by atoms with Gasteiger partial charge in [0.05, 0.1) is 12.5 Å². The summed E-state index contributed by atoms with van der Waals surface area (Å²) in [4.78, 5) is 24.0. The third-order valence-electron chi connectivity index (χ3n) is 3.44. The van der Waals surface area contributed by atoms with Crippen molar-refractivity contribution >= 4 is 17.6 Å². The lowest BCUT2D eigenvalue weighted by atomic mass is 10.1. The van der Waals surface area contributed by atoms with E-state index < -0.39 is 0 Å². The Morgan fingerprint density at radius 3 is 2.58 bits per heavy atom. The van der Waals surface area contributed by atoms with E-state index in [1.54, 1.807) is 36.8 Å². The second-order valence-corrected chi connectivity index (χ2v) is 6.07. The van der Waals surface area contributed by atoms with E-state index in [0.717, 1.165) is 11.1 Å². The van der Waals surface area contributed by atoms with Gasteiger partial charge in [0.1, 0.15) is 0 Å². The highest BCUT2D eigenvalue weighted by Crippen LogP contribution is 2.16. The van der Waals surface area contributed by atoms with Crippen LogP contribution < -0.4 is 16.0 Å². The second kappa shape index (κ2) is 8.19. The van der Waals surface area contributed by atoms with Crippen molar-refractivity contribution < 1.29 is 14.0 Å². The summed E-state index contributed by atoms with van der Waals surface area (Å²) >= 11 is 0. The molecule has 0 unspecified atom stereocenters. The average Bonchev–Trinajstić information content (AvgIpc) is 3.06. The molecule has 0 saturated heterocycles. The molecule has 3 amide bonds. The minimum atomic E-state index is -0.309. The largest absolute Gasteiger partial charge is 0.472 e. The molecule has 128 valence electrons. The molecule has 0 bridgehead atoms. The van der Waals surface area contributed by atoms with Gasteiger partial charge in [-0.1, -0.05) is 13.8 Å². The average molecular weight is 329 g/mol. The van der Waals surface area contributed by atoms with Crippen LogP contribution in [0.4, 0.5) is 10.5 Å². The summed E-state index contributed by atoms with van der Waals surface area (Å²) in [5, 5.41) is 8.39. The van der Waals surface area contributed by atoms with Crippen molar-refractivity contribution in [2.75, 3.05) is 11.9 Å². The molecule has 0 aliphatic carbocycles. The first kappa shape index (κ1) is 17.6. The Hall–Kier alpha value is -2.76. The number of hydrogen-bond donors (Lipinski definition) is 3. The van der Waals surface area contributed by atoms with Crippen LogP contribution in [-0.2, 0) is 6.54 Å². The first-order valence-electron chi connectivity index (χ1n) is 7.90. The van der Waals surface area contributed by atoms with Gasteiger partial charge in [0.25, 0.3) is 5.91 Å². The molecule has 1 heterocycles. The van der Waals surface area contributed by atoms with Crippen LogP contribution in [0.3, 0.4) is 0 Å². The molecule has 24 heavy (non-hydrogen) atoms. The molecule has 0 aliphatic rings. The summed E-state index contributed by atoms with van der Waals surface area (Å²) in [5.74, 6) is 0.290. The number of urea groups is 1. The van der Waals surface area contributed by atoms with Crippen LogP contribution in [-0.4, -0.2) is 18.5 Å². The Bertz CT molecular complexity index is 694. The fraction of sp³-hybridized carbons (Fsp3) is 0.333. The van der Waals surface area contributed by atoms with Gasteiger partial charge in [-0.05, 0) is 42.7 Å². The lowest BCUT2D eigenvalue weighted by Gasteiger charge is -2.12. The van der Waals surface area contributed by atoms with Crippen LogP contribution in [0.1, 0.15) is 35.3 Å². The summed E-state index contributed by atoms with van der Waals surface area (Å²) in [6.45, 7) is 6.96. The van der Waals surface area contributed by atoms with E-state index in [4.69, 9.17) is 4.42 Å². The van der Waals surface area contributed by atoms with Crippen molar-refractivity contribution in [2.45, 2.75) is 27.3 Å². The standard InChI is InChI=1S/C18H23N3O3/c1-12(2)9-19-17(22)15-4-5-16(13(3)8-15)21-18(23)20-10-14-6-7-24-11-14/h4-8,11-12H,9-10H2,1-3H3,(H,19,22)(H2,20,21,23). The third kappa shape index (κ3) is 5.15. The Morgan fingerprint density at radius 2 is 1.96 bits per heavy atom. The van der Waals surface area contributed by atoms with E-state index in [0.29, 0.717) is 30.3 Å². The number of benzene rings is 1. The van der Waals surface area contributed by atoms with Crippen LogP contribution >= 0.6 is 0 Å². The minimum absolute atomic E-state index is 0.109. The quantitative estimate of drug-likeness (QED) is 0.760. The smallest absolute Gasteiger partial charge is 0.319 e. The molecule has 0 fully saturated rings. The van der Waals surface area contributed by atoms with Crippen LogP contribution in [0.2, 0.25) is 0 Å². The van der Waals surface area contributed by atoms with Crippen LogP contribution in [0.15, 0.2) is 41.2 Å². The lowest BCUT2D eigenvalue weighted by molar-refractivity contribution is 0.0949. The van der Waals surface area contributed by atoms with Gasteiger partial charge in [-0.15, -0.1) is 0 Å². The molecule has 0 aliphatic heterocycles. The van der Waals surface area contributed by atoms with Crippen LogP contribution in [0.5, 0.6) is 0 Å². The van der Waals surface area contributed by atoms with Crippen molar-refractivity contribution in [3.8, 4) is 0 Å². The Labute approximate surface area is 141 Å². The molecule has 0 spiro atoms. The van der Waals surface area contributed by atoms with E-state index in [1.807, 2.05) is 20.8 Å². The summed E-state index contributed by atoms with van der Waals surface area (Å²) in [6.07, 6.45) is 3.14. The van der Waals surface area contributed by atoms with Crippen molar-refractivity contribution in [3.63, 3.8) is 0 Å². The molecule has 6 nitrogen and oxygen atoms in total. The highest BCUT2D eigenvalue weighted by atomic mass is 16.3. The number of furan rings is 1. The number of carbonyl (C=O) groups excluding carboxylic acids is 2. The van der Waals surface area contributed by atoms with E-state index in [2.05, 4.69) is 16.0 Å². The zero-order chi connectivity index (χ0) is 17.5. The van der Waals surface area contributed by atoms with E-state index in [1.165, 1.54) is 0 Å². The van der Waals surface area contributed by atoms with Crippen molar-refractivity contribution in [3.05, 3.63) is 53.5 Å². The minimum Gasteiger partial charge on any atom is -0.472 e. The molecule has 0 atom stereocenters. The molecule has 0 saturated carbocycles. The topological polar surface area (TPSA) is 83.4 Å². The summed E-state index contributed by atoms with van der Waals surface area (Å²) in [5.41, 5.74) is 2.96. The first-order valence-corrected chi connectivity index (χ1v) is 7.90. The normalized spacial score (nSPS) is 10.5. The van der Waals surface area contributed by atoms with E-state index >= 15 is 0 Å². The molecule has 0 radical (unpaired) electrons. The molecule has 1 aromatic heterocycles. The number of aryl methyl sites for hydroxylation is 1. The monoisotopic (exact) mass is 329 g/mol. The summed E-state index contributed by atoms with van der Waals surface area (Å²) < 4.78 is 4.94. The fourth-order valence-electron chi connectivity index (χ4n) is 2.09. The zero-order valence-corrected chi connectivity index (χ0v) is 14.2. The zero-order valence-electron chi connectivity index (χ0n) is 14.2. The SMILES string of the molecule is Cc1cc(C(=O)NCC(C)C)ccc1NC(=O)NCc1ccoc1. The number of amides is 3. The molecular formula is C18H23N3O3. The van der Waals surface area contributed by atoms with Crippen LogP contribution in [0.25, 0.3) is 0 Å². The number of nitrogens with one attached hydrogen (secondary N) is 3. The molecule has 6 heteroatoms. The Kier molecular flexibility index (Phi) is 6.01. The highest BCUT2D eigenvalue weighted by molar-refractivity contribution is 5.96. The fourth-order valence-corrected chi connectivity index (χ4v) is 2.09. The molecule has 2 rings (SSSR count). The predicted molar refractivity (Wildman–Crippen MR) is 92.9 cm³/mol. The number of anilines is 1. The van der Waals surface area contributed by atoms with Crippen molar-refractivity contribution in [1.29, 1.82) is 0 Å². The summed E-state index contributed by atoms with van der Waals surface area (Å²) in [7, 11) is 0.